The van der Waals surface area contributed by atoms with Gasteiger partial charge in [0, 0.05) is 0 Å². The molecule has 0 N–H and O–H groups in total. The second-order valence-electron chi connectivity index (χ2n) is 5.50. The van der Waals surface area contributed by atoms with E-state index in [1.165, 1.54) is 38.5 Å². The molecule has 1 aliphatic carbocycles. The van der Waals surface area contributed by atoms with Gasteiger partial charge in [-0.1, -0.05) is 87.9 Å². The average Bonchev–Trinajstić information content (AvgIpc) is 2.80. The summed E-state index contributed by atoms with van der Waals surface area (Å²) in [6.45, 7) is 4.55. The predicted molar refractivity (Wildman–Crippen MR) is 87.5 cm³/mol. The van der Waals surface area contributed by atoms with Gasteiger partial charge in [0.25, 0.3) is 0 Å². The van der Waals surface area contributed by atoms with E-state index in [1.807, 2.05) is 0 Å². The van der Waals surface area contributed by atoms with Gasteiger partial charge in [0.2, 0.25) is 0 Å². The van der Waals surface area contributed by atoms with E-state index in [4.69, 9.17) is 0 Å². The molecule has 0 aromatic heterocycles. The minimum absolute atomic E-state index is 0. The van der Waals surface area contributed by atoms with Crippen LogP contribution < -0.4 is 42.4 Å². The van der Waals surface area contributed by atoms with Crippen molar-refractivity contribution in [2.75, 3.05) is 0 Å². The molecule has 0 saturated carbocycles. The van der Waals surface area contributed by atoms with Gasteiger partial charge in [0.15, 0.2) is 0 Å². The number of allylic oxidation sites excluding steroid dienone is 4. The van der Waals surface area contributed by atoms with E-state index < -0.39 is 0 Å². The van der Waals surface area contributed by atoms with Gasteiger partial charge in [0.05, 0.1) is 0 Å². The maximum absolute atomic E-state index is 3.73. The fraction of sp³-hybridized carbons (Fsp3) is 0.444. The van der Waals surface area contributed by atoms with Gasteiger partial charge in [-0.2, -0.15) is 5.57 Å². The molecule has 1 aromatic carbocycles. The zero-order chi connectivity index (χ0) is 13.5. The van der Waals surface area contributed by atoms with Gasteiger partial charge >= 0.3 is 21.7 Å². The molecule has 0 fully saturated rings. The standard InChI is InChI=1S/C18H25Si.3ClH.Ti/c1-3-5-10-16-13-15(9-4-2)14-18(16)19-17-11-7-6-8-12-17;;;;/h6-8,11-12H,3-5,9-10,14,19H2,1-2H3;3*1H;/q-1;;;;+4/p-3. The molecule has 0 aliphatic heterocycles. The van der Waals surface area contributed by atoms with Crippen LogP contribution in [0.3, 0.4) is 0 Å². The number of hydrogen-bond acceptors (Lipinski definition) is 0. The van der Waals surface area contributed by atoms with Gasteiger partial charge in [0.1, 0.15) is 0 Å². The van der Waals surface area contributed by atoms with Crippen LogP contribution in [0, 0.1) is 6.08 Å². The van der Waals surface area contributed by atoms with Crippen molar-refractivity contribution in [2.45, 2.75) is 52.4 Å². The number of rotatable bonds is 7. The van der Waals surface area contributed by atoms with E-state index in [0.717, 1.165) is 0 Å². The molecule has 0 nitrogen and oxygen atoms in total. The third-order valence-electron chi connectivity index (χ3n) is 3.77. The molecular weight excluding hydrogens is 399 g/mol. The smallest absolute Gasteiger partial charge is 1.00 e. The normalized spacial score (nSPS) is 12.9. The Kier molecular flexibility index (Phi) is 19.7. The van der Waals surface area contributed by atoms with Crippen LogP contribution in [0.25, 0.3) is 0 Å². The SMILES string of the molecule is CCCCC1=C([SiH2]c2ccccc2)CC(CCC)=[C-]1.[Cl-].[Cl-].[Cl-].[Ti+4]. The first-order valence-corrected chi connectivity index (χ1v) is 9.11. The van der Waals surface area contributed by atoms with E-state index in [2.05, 4.69) is 50.3 Å². The van der Waals surface area contributed by atoms with Crippen molar-refractivity contribution in [2.24, 2.45) is 0 Å². The van der Waals surface area contributed by atoms with Crippen LogP contribution in [0.1, 0.15) is 52.4 Å². The summed E-state index contributed by atoms with van der Waals surface area (Å²) in [7, 11) is -0.263. The first-order valence-electron chi connectivity index (χ1n) is 7.70. The van der Waals surface area contributed by atoms with Gasteiger partial charge in [-0.05, 0) is 9.52 Å². The van der Waals surface area contributed by atoms with E-state index in [-0.39, 0.29) is 68.5 Å². The minimum Gasteiger partial charge on any atom is -1.00 e. The van der Waals surface area contributed by atoms with E-state index in [9.17, 15) is 0 Å². The number of halogens is 3. The quantitative estimate of drug-likeness (QED) is 0.304. The van der Waals surface area contributed by atoms with Crippen molar-refractivity contribution >= 4 is 14.7 Å². The first-order chi connectivity index (χ1) is 9.33. The van der Waals surface area contributed by atoms with Gasteiger partial charge in [-0.25, -0.2) is 16.8 Å². The summed E-state index contributed by atoms with van der Waals surface area (Å²) in [6.07, 6.45) is 11.3. The molecule has 126 valence electrons. The molecule has 1 aliphatic rings. The summed E-state index contributed by atoms with van der Waals surface area (Å²) in [4.78, 5) is 0. The first kappa shape index (κ1) is 28.3. The molecule has 0 spiro atoms. The van der Waals surface area contributed by atoms with Gasteiger partial charge in [-0.3, -0.25) is 0 Å². The van der Waals surface area contributed by atoms with Crippen molar-refractivity contribution in [3.05, 3.63) is 52.8 Å². The summed E-state index contributed by atoms with van der Waals surface area (Å²) < 4.78 is 0. The molecule has 2 rings (SSSR count). The summed E-state index contributed by atoms with van der Waals surface area (Å²) in [6, 6.07) is 11.1. The second-order valence-corrected chi connectivity index (χ2v) is 7.53. The van der Waals surface area contributed by atoms with Crippen molar-refractivity contribution in [1.82, 2.24) is 0 Å². The van der Waals surface area contributed by atoms with Crippen LogP contribution in [0.15, 0.2) is 46.7 Å². The summed E-state index contributed by atoms with van der Waals surface area (Å²) in [5.74, 6) is 0. The van der Waals surface area contributed by atoms with Crippen molar-refractivity contribution < 1.29 is 58.9 Å². The minimum atomic E-state index is -0.263. The fourth-order valence-electron chi connectivity index (χ4n) is 2.77. The molecule has 5 heteroatoms. The molecule has 1 aromatic rings. The fourth-order valence-corrected chi connectivity index (χ4v) is 4.67. The Morgan fingerprint density at radius 3 is 2.17 bits per heavy atom. The summed E-state index contributed by atoms with van der Waals surface area (Å²) >= 11 is 0. The molecule has 0 amide bonds. The Labute approximate surface area is 177 Å². The molecule has 23 heavy (non-hydrogen) atoms. The van der Waals surface area contributed by atoms with E-state index in [1.54, 1.807) is 21.5 Å². The number of benzene rings is 1. The maximum Gasteiger partial charge on any atom is 4.00 e. The topological polar surface area (TPSA) is 0 Å². The Hall–Kier alpha value is 0.501. The number of hydrogen-bond donors (Lipinski definition) is 0. The zero-order valence-electron chi connectivity index (χ0n) is 14.0. The molecule has 0 atom stereocenters. The van der Waals surface area contributed by atoms with Crippen LogP contribution >= 0.6 is 0 Å². The van der Waals surface area contributed by atoms with Crippen LogP contribution in [-0.4, -0.2) is 9.52 Å². The number of unbranched alkanes of at least 4 members (excludes halogenated alkanes) is 1. The summed E-state index contributed by atoms with van der Waals surface area (Å²) in [5, 5.41) is 3.33. The van der Waals surface area contributed by atoms with Gasteiger partial charge in [-0.15, -0.1) is 0 Å². The third-order valence-corrected chi connectivity index (χ3v) is 5.76. The largest absolute Gasteiger partial charge is 4.00 e. The zero-order valence-corrected chi connectivity index (χ0v) is 19.2. The monoisotopic (exact) mass is 422 g/mol. The van der Waals surface area contributed by atoms with Crippen LogP contribution in [0.5, 0.6) is 0 Å². The van der Waals surface area contributed by atoms with Crippen LogP contribution in [-0.2, 0) is 21.7 Å². The molecular formula is C18H25Cl3SiTi. The van der Waals surface area contributed by atoms with Crippen LogP contribution in [0.2, 0.25) is 0 Å². The maximum atomic E-state index is 3.73. The van der Waals surface area contributed by atoms with Crippen molar-refractivity contribution in [3.63, 3.8) is 0 Å². The molecule has 0 bridgehead atoms. The second kappa shape index (κ2) is 16.0. The predicted octanol–water partition coefficient (Wildman–Crippen LogP) is -5.13. The Morgan fingerprint density at radius 2 is 1.61 bits per heavy atom. The molecule has 0 saturated heterocycles. The Balaban J connectivity index is -0.000001000. The van der Waals surface area contributed by atoms with Crippen molar-refractivity contribution in [3.8, 4) is 0 Å². The average molecular weight is 424 g/mol. The third kappa shape index (κ3) is 9.53. The Morgan fingerprint density at radius 1 is 0.957 bits per heavy atom. The molecule has 0 radical (unpaired) electrons. The summed E-state index contributed by atoms with van der Waals surface area (Å²) in [5.41, 5.74) is 3.13. The van der Waals surface area contributed by atoms with E-state index >= 15 is 0 Å². The van der Waals surface area contributed by atoms with Gasteiger partial charge < -0.3 is 37.2 Å². The molecule has 0 unspecified atom stereocenters. The van der Waals surface area contributed by atoms with E-state index in [0.29, 0.717) is 0 Å². The van der Waals surface area contributed by atoms with Crippen molar-refractivity contribution in [1.29, 1.82) is 0 Å². The molecule has 0 heterocycles. The van der Waals surface area contributed by atoms with Crippen LogP contribution in [0.4, 0.5) is 0 Å². The Bertz CT molecular complexity index is 472.